The minimum atomic E-state index is -4.01. The minimum Gasteiger partial charge on any atom is -0.493 e. The number of rotatable bonds is 9. The number of esters is 1. The van der Waals surface area contributed by atoms with Crippen molar-refractivity contribution in [3.8, 4) is 11.5 Å². The zero-order valence-corrected chi connectivity index (χ0v) is 20.7. The number of nitrogens with zero attached hydrogens (tertiary/aromatic N) is 1. The van der Waals surface area contributed by atoms with Gasteiger partial charge in [-0.05, 0) is 41.8 Å². The molecule has 0 unspecified atom stereocenters. The van der Waals surface area contributed by atoms with E-state index in [1.54, 1.807) is 48.5 Å². The van der Waals surface area contributed by atoms with Crippen LogP contribution < -0.4 is 13.8 Å². The molecule has 0 aromatic heterocycles. The lowest BCUT2D eigenvalue weighted by molar-refractivity contribution is -0.136. The Morgan fingerprint density at radius 2 is 1.69 bits per heavy atom. The highest BCUT2D eigenvalue weighted by Crippen LogP contribution is 2.40. The predicted molar refractivity (Wildman–Crippen MR) is 135 cm³/mol. The van der Waals surface area contributed by atoms with E-state index in [1.165, 1.54) is 30.7 Å². The Kier molecular flexibility index (Phi) is 7.40. The van der Waals surface area contributed by atoms with Crippen LogP contribution in [-0.2, 0) is 26.0 Å². The Bertz CT molecular complexity index is 1420. The molecule has 36 heavy (non-hydrogen) atoms. The Morgan fingerprint density at radius 1 is 0.972 bits per heavy atom. The van der Waals surface area contributed by atoms with Crippen LogP contribution in [0.3, 0.4) is 0 Å². The number of benzene rings is 3. The SMILES string of the molecule is COc1cc(C=CC(=O)OCC(=O)c2ccccc2)cc(S(=O)(=O)N2CCc3ccccc32)c1OC. The number of fused-ring (bicyclic) bond motifs is 1. The quantitative estimate of drug-likeness (QED) is 0.246. The van der Waals surface area contributed by atoms with E-state index >= 15 is 0 Å². The molecular weight excluding hydrogens is 482 g/mol. The number of ether oxygens (including phenoxy) is 3. The number of sulfonamides is 1. The lowest BCUT2D eigenvalue weighted by Gasteiger charge is -2.22. The minimum absolute atomic E-state index is 0.0649. The lowest BCUT2D eigenvalue weighted by Crippen LogP contribution is -2.29. The van der Waals surface area contributed by atoms with Crippen LogP contribution in [0.5, 0.6) is 11.5 Å². The number of hydrogen-bond acceptors (Lipinski definition) is 7. The highest BCUT2D eigenvalue weighted by atomic mass is 32.2. The van der Waals surface area contributed by atoms with Crippen LogP contribution >= 0.6 is 0 Å². The highest BCUT2D eigenvalue weighted by molar-refractivity contribution is 7.93. The van der Waals surface area contributed by atoms with E-state index in [-0.39, 0.29) is 22.2 Å². The molecule has 8 nitrogen and oxygen atoms in total. The number of ketones is 1. The van der Waals surface area contributed by atoms with Gasteiger partial charge in [0.05, 0.1) is 19.9 Å². The van der Waals surface area contributed by atoms with Gasteiger partial charge in [0.2, 0.25) is 0 Å². The first-order valence-corrected chi connectivity index (χ1v) is 12.6. The average Bonchev–Trinajstić information content (AvgIpc) is 3.35. The fraction of sp³-hybridized carbons (Fsp3) is 0.185. The third kappa shape index (κ3) is 5.11. The van der Waals surface area contributed by atoms with Crippen molar-refractivity contribution in [3.63, 3.8) is 0 Å². The van der Waals surface area contributed by atoms with Crippen LogP contribution in [0.25, 0.3) is 6.08 Å². The molecule has 0 aliphatic carbocycles. The fourth-order valence-electron chi connectivity index (χ4n) is 3.97. The second-order valence-corrected chi connectivity index (χ2v) is 9.77. The number of carbonyl (C=O) groups is 2. The third-order valence-corrected chi connectivity index (χ3v) is 7.55. The van der Waals surface area contributed by atoms with Gasteiger partial charge < -0.3 is 14.2 Å². The first-order valence-electron chi connectivity index (χ1n) is 11.1. The Hall–Kier alpha value is -4.11. The maximum absolute atomic E-state index is 13.7. The molecule has 9 heteroatoms. The largest absolute Gasteiger partial charge is 0.493 e. The Morgan fingerprint density at radius 3 is 2.42 bits per heavy atom. The van der Waals surface area contributed by atoms with Crippen LogP contribution in [0.15, 0.2) is 77.7 Å². The molecule has 0 amide bonds. The number of methoxy groups -OCH3 is 2. The number of anilines is 1. The monoisotopic (exact) mass is 507 g/mol. The van der Waals surface area contributed by atoms with Crippen molar-refractivity contribution in [1.29, 1.82) is 0 Å². The van der Waals surface area contributed by atoms with Crippen molar-refractivity contribution in [1.82, 2.24) is 0 Å². The van der Waals surface area contributed by atoms with Crippen LogP contribution in [0, 0.1) is 0 Å². The molecule has 1 heterocycles. The molecule has 0 saturated heterocycles. The van der Waals surface area contributed by atoms with Crippen molar-refractivity contribution in [2.24, 2.45) is 0 Å². The molecule has 3 aromatic rings. The third-order valence-electron chi connectivity index (χ3n) is 5.73. The molecule has 0 spiro atoms. The van der Waals surface area contributed by atoms with Crippen LogP contribution in [-0.4, -0.2) is 47.5 Å². The molecule has 0 radical (unpaired) electrons. The number of hydrogen-bond donors (Lipinski definition) is 0. The number of para-hydroxylation sites is 1. The molecule has 186 valence electrons. The summed E-state index contributed by atoms with van der Waals surface area (Å²) in [6.45, 7) is -0.109. The first kappa shape index (κ1) is 25.0. The number of Topliss-reactive ketones (excluding diaryl/α,β-unsaturated/α-hetero) is 1. The van der Waals surface area contributed by atoms with Gasteiger partial charge in [-0.25, -0.2) is 13.2 Å². The Balaban J connectivity index is 1.58. The van der Waals surface area contributed by atoms with E-state index in [9.17, 15) is 18.0 Å². The van der Waals surface area contributed by atoms with Gasteiger partial charge in [-0.2, -0.15) is 0 Å². The Labute approximate surface area is 209 Å². The number of carbonyl (C=O) groups excluding carboxylic acids is 2. The van der Waals surface area contributed by atoms with E-state index in [4.69, 9.17) is 14.2 Å². The van der Waals surface area contributed by atoms with E-state index in [0.29, 0.717) is 29.8 Å². The smallest absolute Gasteiger partial charge is 0.331 e. The van der Waals surface area contributed by atoms with Crippen molar-refractivity contribution >= 4 is 33.5 Å². The van der Waals surface area contributed by atoms with E-state index in [1.807, 2.05) is 12.1 Å². The van der Waals surface area contributed by atoms with Crippen molar-refractivity contribution in [2.75, 3.05) is 31.7 Å². The molecule has 1 aliphatic rings. The van der Waals surface area contributed by atoms with Gasteiger partial charge in [0, 0.05) is 18.2 Å². The first-order chi connectivity index (χ1) is 17.3. The van der Waals surface area contributed by atoms with E-state index in [2.05, 4.69) is 0 Å². The second kappa shape index (κ2) is 10.7. The lowest BCUT2D eigenvalue weighted by atomic mass is 10.1. The van der Waals surface area contributed by atoms with Gasteiger partial charge in [-0.15, -0.1) is 0 Å². The normalized spacial score (nSPS) is 12.9. The van der Waals surface area contributed by atoms with Gasteiger partial charge in [0.1, 0.15) is 4.90 Å². The van der Waals surface area contributed by atoms with Crippen LogP contribution in [0.1, 0.15) is 21.5 Å². The van der Waals surface area contributed by atoms with Gasteiger partial charge in [0.25, 0.3) is 10.0 Å². The van der Waals surface area contributed by atoms with Gasteiger partial charge in [-0.1, -0.05) is 48.5 Å². The maximum Gasteiger partial charge on any atom is 0.331 e. The summed E-state index contributed by atoms with van der Waals surface area (Å²) < 4.78 is 44.5. The average molecular weight is 508 g/mol. The summed E-state index contributed by atoms with van der Waals surface area (Å²) in [4.78, 5) is 24.3. The summed E-state index contributed by atoms with van der Waals surface area (Å²) in [6, 6.07) is 18.8. The molecule has 1 aliphatic heterocycles. The molecular formula is C27H25NO7S. The summed E-state index contributed by atoms with van der Waals surface area (Å²) in [5, 5.41) is 0. The van der Waals surface area contributed by atoms with E-state index in [0.717, 1.165) is 11.6 Å². The summed E-state index contributed by atoms with van der Waals surface area (Å²) in [6.07, 6.45) is 3.12. The molecule has 0 saturated carbocycles. The zero-order valence-electron chi connectivity index (χ0n) is 19.8. The van der Waals surface area contributed by atoms with Crippen LogP contribution in [0.2, 0.25) is 0 Å². The van der Waals surface area contributed by atoms with Crippen molar-refractivity contribution in [3.05, 3.63) is 89.5 Å². The van der Waals surface area contributed by atoms with Crippen molar-refractivity contribution in [2.45, 2.75) is 11.3 Å². The zero-order chi connectivity index (χ0) is 25.7. The molecule has 0 N–H and O–H groups in total. The molecule has 3 aromatic carbocycles. The van der Waals surface area contributed by atoms with Gasteiger partial charge in [-0.3, -0.25) is 9.10 Å². The topological polar surface area (TPSA) is 99.2 Å². The van der Waals surface area contributed by atoms with Crippen molar-refractivity contribution < 1.29 is 32.2 Å². The van der Waals surface area contributed by atoms with E-state index < -0.39 is 22.6 Å². The molecule has 0 atom stereocenters. The fourth-order valence-corrected chi connectivity index (χ4v) is 5.68. The second-order valence-electron chi connectivity index (χ2n) is 7.94. The highest BCUT2D eigenvalue weighted by Gasteiger charge is 2.34. The molecule has 0 fully saturated rings. The summed E-state index contributed by atoms with van der Waals surface area (Å²) in [5.41, 5.74) is 2.37. The maximum atomic E-state index is 13.7. The molecule has 0 bridgehead atoms. The molecule has 4 rings (SSSR count). The predicted octanol–water partition coefficient (Wildman–Crippen LogP) is 3.89. The van der Waals surface area contributed by atoms with Gasteiger partial charge >= 0.3 is 5.97 Å². The van der Waals surface area contributed by atoms with Crippen LogP contribution in [0.4, 0.5) is 5.69 Å². The summed E-state index contributed by atoms with van der Waals surface area (Å²) >= 11 is 0. The van der Waals surface area contributed by atoms with Gasteiger partial charge in [0.15, 0.2) is 23.9 Å². The standard InChI is InChI=1S/C27H25NO7S/c1-33-24-16-19(12-13-26(30)35-18-23(29)21-9-4-3-5-10-21)17-25(27(24)34-2)36(31,32)28-15-14-20-8-6-7-11-22(20)28/h3-13,16-17H,14-15,18H2,1-2H3. The summed E-state index contributed by atoms with van der Waals surface area (Å²) in [7, 11) is -1.24. The summed E-state index contributed by atoms with van der Waals surface area (Å²) in [5.74, 6) is -0.817.